The first-order valence-electron chi connectivity index (χ1n) is 4.54. The van der Waals surface area contributed by atoms with Crippen LogP contribution in [0.4, 0.5) is 4.79 Å². The summed E-state index contributed by atoms with van der Waals surface area (Å²) in [5, 5.41) is 14.9. The lowest BCUT2D eigenvalue weighted by molar-refractivity contribution is -0.137. The van der Waals surface area contributed by atoms with Gasteiger partial charge in [-0.2, -0.15) is 5.10 Å². The molecule has 0 spiro atoms. The Kier molecular flexibility index (Phi) is 3.81. The van der Waals surface area contributed by atoms with Crippen LogP contribution in [0.1, 0.15) is 5.82 Å². The van der Waals surface area contributed by atoms with E-state index in [9.17, 15) is 9.59 Å². The molecule has 1 heterocycles. The fourth-order valence-corrected chi connectivity index (χ4v) is 1.03. The molecular weight excluding hydrogens is 214 g/mol. The van der Waals surface area contributed by atoms with Crippen molar-refractivity contribution in [2.45, 2.75) is 6.54 Å². The van der Waals surface area contributed by atoms with Gasteiger partial charge in [-0.25, -0.2) is 9.78 Å². The predicted molar refractivity (Wildman–Crippen MR) is 53.5 cm³/mol. The van der Waals surface area contributed by atoms with Crippen molar-refractivity contribution in [1.82, 2.24) is 25.0 Å². The van der Waals surface area contributed by atoms with Crippen LogP contribution in [0.2, 0.25) is 0 Å². The molecule has 2 amide bonds. The Bertz CT molecular complexity index is 389. The molecule has 8 heteroatoms. The van der Waals surface area contributed by atoms with Crippen molar-refractivity contribution in [3.63, 3.8) is 0 Å². The van der Waals surface area contributed by atoms with Gasteiger partial charge in [0.2, 0.25) is 0 Å². The number of nitrogens with zero attached hydrogens (tertiary/aromatic N) is 4. The largest absolute Gasteiger partial charge is 0.480 e. The maximum absolute atomic E-state index is 11.3. The van der Waals surface area contributed by atoms with E-state index in [4.69, 9.17) is 5.11 Å². The number of aliphatic carboxylic acids is 1. The van der Waals surface area contributed by atoms with Crippen LogP contribution in [0.5, 0.6) is 0 Å². The molecule has 0 aliphatic rings. The lowest BCUT2D eigenvalue weighted by atomic mass is 10.5. The summed E-state index contributed by atoms with van der Waals surface area (Å²) >= 11 is 0. The molecule has 0 radical (unpaired) electrons. The third kappa shape index (κ3) is 3.56. The van der Waals surface area contributed by atoms with Crippen molar-refractivity contribution < 1.29 is 14.7 Å². The third-order valence-electron chi connectivity index (χ3n) is 1.76. The Morgan fingerprint density at radius 1 is 1.62 bits per heavy atom. The SMILES string of the molecule is CN(CC(=O)O)C(=O)NCc1ncn(C)n1. The minimum atomic E-state index is -1.06. The van der Waals surface area contributed by atoms with E-state index in [-0.39, 0.29) is 13.1 Å². The van der Waals surface area contributed by atoms with Gasteiger partial charge in [0.15, 0.2) is 5.82 Å². The smallest absolute Gasteiger partial charge is 0.323 e. The normalized spacial score (nSPS) is 9.88. The summed E-state index contributed by atoms with van der Waals surface area (Å²) in [6.07, 6.45) is 1.52. The van der Waals surface area contributed by atoms with Gasteiger partial charge in [0.1, 0.15) is 12.9 Å². The van der Waals surface area contributed by atoms with Crippen LogP contribution in [0.3, 0.4) is 0 Å². The Balaban J connectivity index is 2.37. The number of aromatic nitrogens is 3. The molecule has 8 nitrogen and oxygen atoms in total. The summed E-state index contributed by atoms with van der Waals surface area (Å²) in [7, 11) is 3.12. The number of likely N-dealkylation sites (N-methyl/N-ethyl adjacent to an activating group) is 1. The molecule has 0 aromatic carbocycles. The molecule has 0 aliphatic heterocycles. The van der Waals surface area contributed by atoms with Crippen molar-refractivity contribution in [3.05, 3.63) is 12.2 Å². The highest BCUT2D eigenvalue weighted by Crippen LogP contribution is 1.89. The van der Waals surface area contributed by atoms with E-state index < -0.39 is 12.0 Å². The first kappa shape index (κ1) is 12.0. The second-order valence-corrected chi connectivity index (χ2v) is 3.24. The van der Waals surface area contributed by atoms with E-state index in [2.05, 4.69) is 15.4 Å². The van der Waals surface area contributed by atoms with Crippen molar-refractivity contribution in [2.24, 2.45) is 7.05 Å². The van der Waals surface area contributed by atoms with Gasteiger partial charge in [-0.3, -0.25) is 9.48 Å². The molecule has 1 rings (SSSR count). The van der Waals surface area contributed by atoms with Gasteiger partial charge in [-0.15, -0.1) is 0 Å². The third-order valence-corrected chi connectivity index (χ3v) is 1.76. The van der Waals surface area contributed by atoms with E-state index >= 15 is 0 Å². The predicted octanol–water partition coefficient (Wildman–Crippen LogP) is -0.959. The Hall–Kier alpha value is -2.12. The molecule has 0 atom stereocenters. The number of nitrogens with one attached hydrogen (secondary N) is 1. The zero-order valence-corrected chi connectivity index (χ0v) is 9.04. The van der Waals surface area contributed by atoms with Crippen molar-refractivity contribution in [2.75, 3.05) is 13.6 Å². The summed E-state index contributed by atoms with van der Waals surface area (Å²) in [6.45, 7) is -0.175. The second kappa shape index (κ2) is 5.10. The standard InChI is InChI=1S/C8H13N5O3/c1-12(4-7(14)15)8(16)9-3-6-10-5-13(2)11-6/h5H,3-4H2,1-2H3,(H,9,16)(H,14,15). The topological polar surface area (TPSA) is 100 Å². The number of hydrogen-bond acceptors (Lipinski definition) is 4. The molecule has 16 heavy (non-hydrogen) atoms. The fourth-order valence-electron chi connectivity index (χ4n) is 1.03. The Morgan fingerprint density at radius 2 is 2.31 bits per heavy atom. The number of carbonyl (C=O) groups excluding carboxylic acids is 1. The highest BCUT2D eigenvalue weighted by atomic mass is 16.4. The van der Waals surface area contributed by atoms with Crippen LogP contribution >= 0.6 is 0 Å². The molecule has 0 bridgehead atoms. The molecule has 1 aromatic heterocycles. The zero-order chi connectivity index (χ0) is 12.1. The minimum Gasteiger partial charge on any atom is -0.480 e. The van der Waals surface area contributed by atoms with Crippen molar-refractivity contribution in [3.8, 4) is 0 Å². The molecule has 88 valence electrons. The summed E-state index contributed by atoms with van der Waals surface area (Å²) in [5.41, 5.74) is 0. The number of rotatable bonds is 4. The molecule has 0 fully saturated rings. The number of carboxylic acids is 1. The van der Waals surface area contributed by atoms with Gasteiger partial charge >= 0.3 is 12.0 Å². The van der Waals surface area contributed by atoms with E-state index in [1.165, 1.54) is 18.1 Å². The number of carboxylic acid groups (broad SMARTS) is 1. The van der Waals surface area contributed by atoms with Crippen LogP contribution in [0.15, 0.2) is 6.33 Å². The average Bonchev–Trinajstić information content (AvgIpc) is 2.59. The first-order valence-corrected chi connectivity index (χ1v) is 4.54. The quantitative estimate of drug-likeness (QED) is 0.690. The molecular formula is C8H13N5O3. The molecule has 0 unspecified atom stereocenters. The van der Waals surface area contributed by atoms with Gasteiger partial charge in [0.05, 0.1) is 6.54 Å². The maximum atomic E-state index is 11.3. The molecule has 0 saturated carbocycles. The first-order chi connectivity index (χ1) is 7.49. The summed E-state index contributed by atoms with van der Waals surface area (Å²) < 4.78 is 1.52. The van der Waals surface area contributed by atoms with Gasteiger partial charge in [-0.1, -0.05) is 0 Å². The average molecular weight is 227 g/mol. The van der Waals surface area contributed by atoms with E-state index in [0.29, 0.717) is 5.82 Å². The van der Waals surface area contributed by atoms with Crippen LogP contribution < -0.4 is 5.32 Å². The number of carbonyl (C=O) groups is 2. The van der Waals surface area contributed by atoms with Crippen LogP contribution in [-0.4, -0.2) is 50.4 Å². The Labute approximate surface area is 91.9 Å². The van der Waals surface area contributed by atoms with Crippen molar-refractivity contribution >= 4 is 12.0 Å². The van der Waals surface area contributed by atoms with Crippen LogP contribution in [0.25, 0.3) is 0 Å². The van der Waals surface area contributed by atoms with Crippen LogP contribution in [0, 0.1) is 0 Å². The molecule has 1 aromatic rings. The second-order valence-electron chi connectivity index (χ2n) is 3.24. The summed E-state index contributed by atoms with van der Waals surface area (Å²) in [6, 6.07) is -0.477. The van der Waals surface area contributed by atoms with E-state index in [1.807, 2.05) is 0 Å². The number of urea groups is 1. The summed E-state index contributed by atoms with van der Waals surface area (Å²) in [4.78, 5) is 26.7. The number of hydrogen-bond donors (Lipinski definition) is 2. The fraction of sp³-hybridized carbons (Fsp3) is 0.500. The highest BCUT2D eigenvalue weighted by molar-refractivity contribution is 5.79. The number of amides is 2. The molecule has 2 N–H and O–H groups in total. The lowest BCUT2D eigenvalue weighted by Crippen LogP contribution is -2.39. The Morgan fingerprint density at radius 3 is 2.81 bits per heavy atom. The monoisotopic (exact) mass is 227 g/mol. The minimum absolute atomic E-state index is 0.170. The van der Waals surface area contributed by atoms with Gasteiger partial charge in [0, 0.05) is 14.1 Å². The van der Waals surface area contributed by atoms with E-state index in [0.717, 1.165) is 4.90 Å². The summed E-state index contributed by atoms with van der Waals surface area (Å²) in [5.74, 6) is -0.590. The van der Waals surface area contributed by atoms with Gasteiger partial charge in [-0.05, 0) is 0 Å². The zero-order valence-electron chi connectivity index (χ0n) is 9.04. The lowest BCUT2D eigenvalue weighted by Gasteiger charge is -2.14. The molecule has 0 aliphatic carbocycles. The van der Waals surface area contributed by atoms with E-state index in [1.54, 1.807) is 7.05 Å². The molecule has 0 saturated heterocycles. The van der Waals surface area contributed by atoms with Crippen LogP contribution in [-0.2, 0) is 18.4 Å². The number of aryl methyl sites for hydroxylation is 1. The van der Waals surface area contributed by atoms with Gasteiger partial charge < -0.3 is 15.3 Å². The van der Waals surface area contributed by atoms with Gasteiger partial charge in [0.25, 0.3) is 0 Å². The maximum Gasteiger partial charge on any atom is 0.323 e. The van der Waals surface area contributed by atoms with Crippen molar-refractivity contribution in [1.29, 1.82) is 0 Å². The highest BCUT2D eigenvalue weighted by Gasteiger charge is 2.11.